The molecular weight excluding hydrogens is 431 g/mol. The van der Waals surface area contributed by atoms with Gasteiger partial charge in [-0.1, -0.05) is 0 Å². The fourth-order valence-electron chi connectivity index (χ4n) is 1.24. The Morgan fingerprint density at radius 3 is 2.72 bits per heavy atom. The summed E-state index contributed by atoms with van der Waals surface area (Å²) in [5, 5.41) is 8.50. The van der Waals surface area contributed by atoms with Crippen molar-refractivity contribution >= 4 is 29.5 Å². The van der Waals surface area contributed by atoms with Crippen molar-refractivity contribution in [3.05, 3.63) is 18.5 Å². The van der Waals surface area contributed by atoms with E-state index in [-0.39, 0.29) is 30.2 Å². The van der Waals surface area contributed by atoms with Gasteiger partial charge in [0.15, 0.2) is 0 Å². The summed E-state index contributed by atoms with van der Waals surface area (Å²) in [6.07, 6.45) is 5.35. The molecule has 0 aliphatic heterocycles. The Hall–Kier alpha value is -0.884. The molecule has 0 amide bonds. The molecule has 1 aromatic rings. The Kier molecular flexibility index (Phi) is 7.67. The van der Waals surface area contributed by atoms with Crippen LogP contribution < -0.4 is 9.47 Å². The summed E-state index contributed by atoms with van der Waals surface area (Å²) in [5.41, 5.74) is 0. The van der Waals surface area contributed by atoms with E-state index in [4.69, 9.17) is 14.6 Å². The predicted octanol–water partition coefficient (Wildman–Crippen LogP) is 1.87. The zero-order valence-corrected chi connectivity index (χ0v) is 13.5. The molecule has 6 heteroatoms. The summed E-state index contributed by atoms with van der Waals surface area (Å²) in [6.45, 7) is 0.302. The molecule has 5 nitrogen and oxygen atoms in total. The van der Waals surface area contributed by atoms with E-state index in [9.17, 15) is 4.79 Å². The number of nitrogens with zero attached hydrogens (tertiary/aromatic N) is 1. The van der Waals surface area contributed by atoms with Gasteiger partial charge < -0.3 is 0 Å². The number of aromatic nitrogens is 1. The van der Waals surface area contributed by atoms with Crippen molar-refractivity contribution < 1.29 is 19.4 Å². The Morgan fingerprint density at radius 1 is 1.33 bits per heavy atom. The van der Waals surface area contributed by atoms with Gasteiger partial charge in [-0.15, -0.1) is 0 Å². The number of hydrogen-bond acceptors (Lipinski definition) is 4. The van der Waals surface area contributed by atoms with Gasteiger partial charge in [0.2, 0.25) is 0 Å². The molecule has 0 saturated heterocycles. The number of hydrogen-bond donors (Lipinski definition) is 1. The van der Waals surface area contributed by atoms with E-state index in [2.05, 4.69) is 9.57 Å². The minimum absolute atomic E-state index is 0.0487. The van der Waals surface area contributed by atoms with Gasteiger partial charge in [-0.05, 0) is 0 Å². The van der Waals surface area contributed by atoms with Crippen molar-refractivity contribution in [2.24, 2.45) is 0 Å². The van der Waals surface area contributed by atoms with E-state index in [0.29, 0.717) is 18.1 Å². The fraction of sp³-hybridized carbons (Fsp3) is 0.500. The number of carbonyl (C=O) groups is 1. The number of carboxylic acid groups (broad SMARTS) is 1. The van der Waals surface area contributed by atoms with E-state index in [1.165, 1.54) is 16.7 Å². The standard InChI is InChI=1S/C11H14NO4.CH3.Po/c1-2-3-4-15-9-5-10(7-12-6-9)16-8-11(13)14;;/h5-7H,1-4,8H2,(H,13,14);1H3;. The number of ether oxygens (including phenoxy) is 2. The summed E-state index contributed by atoms with van der Waals surface area (Å²) >= 11 is -0.0487. The summed E-state index contributed by atoms with van der Waals surface area (Å²) in [4.78, 5) is 14.3. The maximum absolute atomic E-state index is 10.4. The van der Waals surface area contributed by atoms with Crippen LogP contribution in [0.25, 0.3) is 0 Å². The summed E-state index contributed by atoms with van der Waals surface area (Å²) in [5.74, 6) is 0.0253. The van der Waals surface area contributed by atoms with Crippen molar-refractivity contribution in [1.82, 2.24) is 4.98 Å². The third-order valence-electron chi connectivity index (χ3n) is 2.06. The number of carboxylic acids is 1. The molecule has 0 saturated carbocycles. The Morgan fingerprint density at radius 2 is 2.06 bits per heavy atom. The SMILES string of the molecule is [CH3][Po][CH2]CCCOc1cncc(OCC(=O)O)c1. The van der Waals surface area contributed by atoms with Crippen LogP contribution in [0.15, 0.2) is 18.5 Å². The number of rotatable bonds is 9. The fourth-order valence-corrected chi connectivity index (χ4v) is 3.16. The second-order valence-electron chi connectivity index (χ2n) is 3.59. The van der Waals surface area contributed by atoms with Gasteiger partial charge in [0.05, 0.1) is 0 Å². The van der Waals surface area contributed by atoms with Crippen LogP contribution >= 0.6 is 0 Å². The molecule has 1 aromatic heterocycles. The summed E-state index contributed by atoms with van der Waals surface area (Å²) < 4.78 is 14.3. The van der Waals surface area contributed by atoms with Crippen LogP contribution in [0.4, 0.5) is 0 Å². The monoisotopic (exact) mass is 448 g/mol. The summed E-state index contributed by atoms with van der Waals surface area (Å²) in [7, 11) is 0. The third-order valence-corrected chi connectivity index (χ3v) is 4.77. The third kappa shape index (κ3) is 6.76. The van der Waals surface area contributed by atoms with Crippen LogP contribution in [0.2, 0.25) is 8.66 Å². The number of aliphatic carboxylic acids is 1. The molecule has 100 valence electrons. The van der Waals surface area contributed by atoms with Crippen molar-refractivity contribution in [3.63, 3.8) is 0 Å². The molecule has 1 heterocycles. The van der Waals surface area contributed by atoms with Crippen LogP contribution in [-0.2, 0) is 4.79 Å². The number of pyridine rings is 1. The average molecular weight is 448 g/mol. The first-order valence-corrected chi connectivity index (χ1v) is 11.1. The van der Waals surface area contributed by atoms with Crippen LogP contribution in [0, 0.1) is 0 Å². The molecule has 1 N–H and O–H groups in total. The van der Waals surface area contributed by atoms with E-state index in [1.807, 2.05) is 0 Å². The first-order valence-electron chi connectivity index (χ1n) is 5.63. The van der Waals surface area contributed by atoms with Gasteiger partial charge in [-0.2, -0.15) is 0 Å². The van der Waals surface area contributed by atoms with Crippen LogP contribution in [0.3, 0.4) is 0 Å². The van der Waals surface area contributed by atoms with Crippen molar-refractivity contribution in [3.8, 4) is 11.5 Å². The molecular formula is C12H17NO4Po. The molecule has 18 heavy (non-hydrogen) atoms. The first kappa shape index (κ1) is 15.2. The van der Waals surface area contributed by atoms with Crippen LogP contribution in [0.5, 0.6) is 11.5 Å². The van der Waals surface area contributed by atoms with E-state index < -0.39 is 5.97 Å². The van der Waals surface area contributed by atoms with Gasteiger partial charge in [0.25, 0.3) is 0 Å². The Balaban J connectivity index is 2.32. The molecule has 0 fully saturated rings. The summed E-state index contributed by atoms with van der Waals surface area (Å²) in [6, 6.07) is 1.66. The van der Waals surface area contributed by atoms with Gasteiger partial charge in [-0.3, -0.25) is 0 Å². The molecule has 0 aliphatic carbocycles. The maximum atomic E-state index is 10.4. The van der Waals surface area contributed by atoms with Gasteiger partial charge in [0, 0.05) is 0 Å². The molecule has 1 rings (SSSR count). The van der Waals surface area contributed by atoms with E-state index in [1.54, 1.807) is 12.3 Å². The van der Waals surface area contributed by atoms with Crippen molar-refractivity contribution in [2.45, 2.75) is 21.5 Å². The number of unbranched alkanes of at least 4 members (excludes halogenated alkanes) is 1. The van der Waals surface area contributed by atoms with Crippen molar-refractivity contribution in [2.75, 3.05) is 13.2 Å². The quantitative estimate of drug-likeness (QED) is 0.585. The van der Waals surface area contributed by atoms with Crippen LogP contribution in [-0.4, -0.2) is 52.8 Å². The molecule has 0 spiro atoms. The Labute approximate surface area is 118 Å². The molecule has 0 aliphatic rings. The van der Waals surface area contributed by atoms with Crippen LogP contribution in [0.1, 0.15) is 12.8 Å². The van der Waals surface area contributed by atoms with E-state index >= 15 is 0 Å². The normalized spacial score (nSPS) is 10.1. The van der Waals surface area contributed by atoms with Gasteiger partial charge >= 0.3 is 119 Å². The second-order valence-corrected chi connectivity index (χ2v) is 7.42. The second kappa shape index (κ2) is 9.10. The molecule has 0 aromatic carbocycles. The molecule has 0 unspecified atom stereocenters. The zero-order chi connectivity index (χ0) is 13.2. The van der Waals surface area contributed by atoms with E-state index in [0.717, 1.165) is 6.42 Å². The topological polar surface area (TPSA) is 68.7 Å². The molecule has 0 atom stereocenters. The average Bonchev–Trinajstić information content (AvgIpc) is 2.37. The minimum atomic E-state index is -1.01. The molecule has 0 radical (unpaired) electrons. The Bertz CT molecular complexity index is 373. The predicted molar refractivity (Wildman–Crippen MR) is 68.5 cm³/mol. The molecule has 0 bridgehead atoms. The van der Waals surface area contributed by atoms with Gasteiger partial charge in [0.1, 0.15) is 0 Å². The van der Waals surface area contributed by atoms with Crippen molar-refractivity contribution in [1.29, 1.82) is 0 Å². The first-order chi connectivity index (χ1) is 8.72. The zero-order valence-electron chi connectivity index (χ0n) is 10.3. The van der Waals surface area contributed by atoms with Gasteiger partial charge in [-0.25, -0.2) is 0 Å².